The summed E-state index contributed by atoms with van der Waals surface area (Å²) in [5, 5.41) is 3.64. The van der Waals surface area contributed by atoms with Crippen LogP contribution in [0.25, 0.3) is 0 Å². The Morgan fingerprint density at radius 1 is 1.16 bits per heavy atom. The van der Waals surface area contributed by atoms with Crippen LogP contribution in [0.5, 0.6) is 11.5 Å². The number of benzene rings is 2. The number of nitrogens with two attached hydrogens (primary N) is 1. The number of amides is 2. The number of ether oxygens (including phenoxy) is 2. The number of hydrogen-bond donors (Lipinski definition) is 2. The van der Waals surface area contributed by atoms with E-state index in [-0.39, 0.29) is 12.4 Å². The minimum Gasteiger partial charge on any atom is -0.489 e. The van der Waals surface area contributed by atoms with Crippen LogP contribution in [0.4, 0.5) is 18.0 Å². The maximum atomic E-state index is 12.1. The maximum Gasteiger partial charge on any atom is 0.573 e. The Morgan fingerprint density at radius 2 is 1.84 bits per heavy atom. The summed E-state index contributed by atoms with van der Waals surface area (Å²) in [4.78, 5) is 10.5. The van der Waals surface area contributed by atoms with Gasteiger partial charge in [-0.15, -0.1) is 13.2 Å². The van der Waals surface area contributed by atoms with Gasteiger partial charge in [0.05, 0.1) is 6.21 Å². The van der Waals surface area contributed by atoms with Crippen molar-refractivity contribution < 1.29 is 27.4 Å². The highest BCUT2D eigenvalue weighted by atomic mass is 19.4. The van der Waals surface area contributed by atoms with E-state index in [1.54, 1.807) is 24.3 Å². The van der Waals surface area contributed by atoms with Gasteiger partial charge in [0.2, 0.25) is 0 Å². The molecule has 0 aliphatic carbocycles. The van der Waals surface area contributed by atoms with E-state index < -0.39 is 12.4 Å². The molecular formula is C16H14F3N3O3. The van der Waals surface area contributed by atoms with E-state index in [0.29, 0.717) is 11.3 Å². The van der Waals surface area contributed by atoms with Crippen molar-refractivity contribution in [1.29, 1.82) is 0 Å². The molecule has 9 heteroatoms. The molecule has 2 aromatic rings. The lowest BCUT2D eigenvalue weighted by molar-refractivity contribution is -0.274. The van der Waals surface area contributed by atoms with Gasteiger partial charge in [-0.25, -0.2) is 10.2 Å². The summed E-state index contributed by atoms with van der Waals surface area (Å²) in [6.45, 7) is 0.199. The van der Waals surface area contributed by atoms with E-state index in [0.717, 1.165) is 5.56 Å². The molecule has 0 saturated carbocycles. The molecule has 0 fully saturated rings. The van der Waals surface area contributed by atoms with Crippen LogP contribution < -0.4 is 20.6 Å². The van der Waals surface area contributed by atoms with Gasteiger partial charge in [-0.1, -0.05) is 18.2 Å². The maximum absolute atomic E-state index is 12.1. The zero-order valence-corrected chi connectivity index (χ0v) is 12.8. The molecule has 6 nitrogen and oxygen atoms in total. The second-order valence-corrected chi connectivity index (χ2v) is 4.79. The normalized spacial score (nSPS) is 11.3. The van der Waals surface area contributed by atoms with Crippen LogP contribution in [0, 0.1) is 0 Å². The van der Waals surface area contributed by atoms with Crippen LogP contribution >= 0.6 is 0 Å². The van der Waals surface area contributed by atoms with Gasteiger partial charge in [-0.2, -0.15) is 5.10 Å². The number of hydrazone groups is 1. The van der Waals surface area contributed by atoms with Crippen LogP contribution in [-0.4, -0.2) is 18.6 Å². The second kappa shape index (κ2) is 8.04. The molecule has 2 rings (SSSR count). The Hall–Kier alpha value is -3.23. The molecule has 0 atom stereocenters. The number of carbonyl (C=O) groups is 1. The molecule has 132 valence electrons. The standard InChI is InChI=1S/C16H14F3N3O3/c17-16(18,19)25-14-6-4-13(5-7-14)24-10-12-3-1-2-11(8-12)9-21-22-15(20)23/h1-9H,10H2,(H3,20,22,23). The minimum absolute atomic E-state index is 0.199. The predicted molar refractivity (Wildman–Crippen MR) is 84.2 cm³/mol. The molecule has 0 bridgehead atoms. The number of halogens is 3. The van der Waals surface area contributed by atoms with Gasteiger partial charge >= 0.3 is 12.4 Å². The molecule has 0 spiro atoms. The number of primary amides is 1. The Balaban J connectivity index is 1.92. The molecular weight excluding hydrogens is 339 g/mol. The van der Waals surface area contributed by atoms with Crippen molar-refractivity contribution in [3.63, 3.8) is 0 Å². The molecule has 0 aliphatic heterocycles. The molecule has 0 radical (unpaired) electrons. The van der Waals surface area contributed by atoms with Crippen LogP contribution in [0.2, 0.25) is 0 Å². The summed E-state index contributed by atoms with van der Waals surface area (Å²) in [5.41, 5.74) is 8.48. The quantitative estimate of drug-likeness (QED) is 0.618. The first-order valence-electron chi connectivity index (χ1n) is 6.98. The van der Waals surface area contributed by atoms with Crippen molar-refractivity contribution in [2.75, 3.05) is 0 Å². The number of urea groups is 1. The average Bonchev–Trinajstić information content (AvgIpc) is 2.53. The molecule has 25 heavy (non-hydrogen) atoms. The molecule has 0 heterocycles. The van der Waals surface area contributed by atoms with E-state index in [1.807, 2.05) is 0 Å². The Bertz CT molecular complexity index is 746. The lowest BCUT2D eigenvalue weighted by Gasteiger charge is -2.10. The number of rotatable bonds is 6. The Morgan fingerprint density at radius 3 is 2.48 bits per heavy atom. The van der Waals surface area contributed by atoms with Gasteiger partial charge in [0, 0.05) is 0 Å². The number of nitrogens with zero attached hydrogens (tertiary/aromatic N) is 1. The zero-order chi connectivity index (χ0) is 18.3. The number of alkyl halides is 3. The van der Waals surface area contributed by atoms with E-state index in [1.165, 1.54) is 30.5 Å². The van der Waals surface area contributed by atoms with Crippen molar-refractivity contribution >= 4 is 12.2 Å². The van der Waals surface area contributed by atoms with Crippen LogP contribution in [0.15, 0.2) is 53.6 Å². The van der Waals surface area contributed by atoms with Gasteiger partial charge in [-0.05, 0) is 41.5 Å². The summed E-state index contributed by atoms with van der Waals surface area (Å²) in [7, 11) is 0. The van der Waals surface area contributed by atoms with Gasteiger partial charge in [0.15, 0.2) is 0 Å². The van der Waals surface area contributed by atoms with E-state index in [9.17, 15) is 18.0 Å². The molecule has 0 aliphatic rings. The van der Waals surface area contributed by atoms with Crippen LogP contribution in [-0.2, 0) is 6.61 Å². The van der Waals surface area contributed by atoms with Crippen molar-refractivity contribution in [3.05, 3.63) is 59.7 Å². The van der Waals surface area contributed by atoms with Crippen molar-refractivity contribution in [3.8, 4) is 11.5 Å². The van der Waals surface area contributed by atoms with Crippen molar-refractivity contribution in [2.24, 2.45) is 10.8 Å². The van der Waals surface area contributed by atoms with Crippen LogP contribution in [0.1, 0.15) is 11.1 Å². The third-order valence-electron chi connectivity index (χ3n) is 2.80. The fourth-order valence-electron chi connectivity index (χ4n) is 1.84. The van der Waals surface area contributed by atoms with Crippen molar-refractivity contribution in [2.45, 2.75) is 13.0 Å². The van der Waals surface area contributed by atoms with Crippen molar-refractivity contribution in [1.82, 2.24) is 5.43 Å². The predicted octanol–water partition coefficient (Wildman–Crippen LogP) is 3.17. The monoisotopic (exact) mass is 353 g/mol. The van der Waals surface area contributed by atoms with E-state index >= 15 is 0 Å². The van der Waals surface area contributed by atoms with Gasteiger partial charge in [-0.3, -0.25) is 0 Å². The molecule has 0 saturated heterocycles. The van der Waals surface area contributed by atoms with E-state index in [2.05, 4.69) is 15.3 Å². The third-order valence-corrected chi connectivity index (χ3v) is 2.80. The Labute approximate surface area is 141 Å². The lowest BCUT2D eigenvalue weighted by Crippen LogP contribution is -2.24. The second-order valence-electron chi connectivity index (χ2n) is 4.79. The SMILES string of the molecule is NC(=O)NN=Cc1cccc(COc2ccc(OC(F)(F)F)cc2)c1. The number of hydrogen-bond acceptors (Lipinski definition) is 4. The summed E-state index contributed by atoms with van der Waals surface area (Å²) >= 11 is 0. The first kappa shape index (κ1) is 18.1. The first-order chi connectivity index (χ1) is 11.8. The topological polar surface area (TPSA) is 85.9 Å². The number of nitrogens with one attached hydrogen (secondary N) is 1. The molecule has 2 amide bonds. The molecule has 3 N–H and O–H groups in total. The number of carbonyl (C=O) groups excluding carboxylic acids is 1. The fourth-order valence-corrected chi connectivity index (χ4v) is 1.84. The van der Waals surface area contributed by atoms with Crippen LogP contribution in [0.3, 0.4) is 0 Å². The highest BCUT2D eigenvalue weighted by Gasteiger charge is 2.30. The first-order valence-corrected chi connectivity index (χ1v) is 6.98. The molecule has 2 aromatic carbocycles. The summed E-state index contributed by atoms with van der Waals surface area (Å²) in [5.74, 6) is 0.0731. The van der Waals surface area contributed by atoms with Gasteiger partial charge in [0.1, 0.15) is 18.1 Å². The summed E-state index contributed by atoms with van der Waals surface area (Å²) in [6, 6.07) is 11.4. The smallest absolute Gasteiger partial charge is 0.489 e. The summed E-state index contributed by atoms with van der Waals surface area (Å²) < 4.78 is 45.5. The minimum atomic E-state index is -4.73. The van der Waals surface area contributed by atoms with Gasteiger partial charge < -0.3 is 15.2 Å². The largest absolute Gasteiger partial charge is 0.573 e. The van der Waals surface area contributed by atoms with E-state index in [4.69, 9.17) is 10.5 Å². The zero-order valence-electron chi connectivity index (χ0n) is 12.8. The molecule has 0 unspecified atom stereocenters. The Kier molecular flexibility index (Phi) is 5.83. The summed E-state index contributed by atoms with van der Waals surface area (Å²) in [6.07, 6.45) is -3.31. The highest BCUT2D eigenvalue weighted by Crippen LogP contribution is 2.25. The average molecular weight is 353 g/mol. The molecule has 0 aromatic heterocycles. The highest BCUT2D eigenvalue weighted by molar-refractivity contribution is 5.81. The third kappa shape index (κ3) is 6.81. The lowest BCUT2D eigenvalue weighted by atomic mass is 10.1. The van der Waals surface area contributed by atoms with Gasteiger partial charge in [0.25, 0.3) is 0 Å². The fraction of sp³-hybridized carbons (Fsp3) is 0.125.